The van der Waals surface area contributed by atoms with E-state index in [9.17, 15) is 4.79 Å². The van der Waals surface area contributed by atoms with E-state index in [1.165, 1.54) is 5.52 Å². The highest BCUT2D eigenvalue weighted by molar-refractivity contribution is 5.89. The lowest BCUT2D eigenvalue weighted by Gasteiger charge is -2.33. The topological polar surface area (TPSA) is 59.4 Å². The van der Waals surface area contributed by atoms with Gasteiger partial charge >= 0.3 is 6.03 Å². The quantitative estimate of drug-likeness (QED) is 0.685. The molecule has 0 spiro atoms. The predicted octanol–water partition coefficient (Wildman–Crippen LogP) is 4.92. The molecule has 2 heterocycles. The van der Waals surface area contributed by atoms with Crippen LogP contribution in [0.25, 0.3) is 11.0 Å². The van der Waals surface area contributed by atoms with Crippen molar-refractivity contribution in [2.45, 2.75) is 38.8 Å². The zero-order valence-corrected chi connectivity index (χ0v) is 17.3. The van der Waals surface area contributed by atoms with Crippen LogP contribution < -0.4 is 5.32 Å². The van der Waals surface area contributed by atoms with Gasteiger partial charge in [0.15, 0.2) is 0 Å². The normalized spacial score (nSPS) is 16.2. The van der Waals surface area contributed by atoms with E-state index in [0.717, 1.165) is 48.5 Å². The maximum Gasteiger partial charge on any atom is 0.321 e. The summed E-state index contributed by atoms with van der Waals surface area (Å²) < 4.78 is 7.70. The molecule has 152 valence electrons. The molecule has 1 N–H and O–H groups in total. The third kappa shape index (κ3) is 3.98. The van der Waals surface area contributed by atoms with Gasteiger partial charge in [-0.3, -0.25) is 0 Å². The summed E-state index contributed by atoms with van der Waals surface area (Å²) in [4.78, 5) is 19.3. The third-order valence-corrected chi connectivity index (χ3v) is 5.85. The Bertz CT molecular complexity index is 1010. The number of aromatic nitrogens is 2. The van der Waals surface area contributed by atoms with Gasteiger partial charge in [0.1, 0.15) is 5.82 Å². The number of nitrogens with one attached hydrogen (secondary N) is 1. The first kappa shape index (κ1) is 19.5. The number of likely N-dealkylation sites (tertiary alicyclic amines) is 1. The Labute approximate surface area is 171 Å². The number of fused-ring (bicyclic) bond motifs is 1. The van der Waals surface area contributed by atoms with Crippen LogP contribution in [0, 0.1) is 6.92 Å². The Morgan fingerprint density at radius 1 is 1.17 bits per heavy atom. The minimum absolute atomic E-state index is 0.00385. The van der Waals surface area contributed by atoms with Gasteiger partial charge in [-0.15, -0.1) is 0 Å². The van der Waals surface area contributed by atoms with E-state index >= 15 is 0 Å². The number of methoxy groups -OCH3 is 1. The fourth-order valence-corrected chi connectivity index (χ4v) is 4.16. The molecule has 1 aromatic heterocycles. The van der Waals surface area contributed by atoms with Crippen LogP contribution in [0.5, 0.6) is 0 Å². The second-order valence-electron chi connectivity index (χ2n) is 7.67. The third-order valence-electron chi connectivity index (χ3n) is 5.85. The number of rotatable bonds is 4. The molecule has 2 amide bonds. The molecule has 1 unspecified atom stereocenters. The average Bonchev–Trinajstić information content (AvgIpc) is 3.09. The van der Waals surface area contributed by atoms with Gasteiger partial charge in [-0.1, -0.05) is 24.3 Å². The maximum absolute atomic E-state index is 12.8. The van der Waals surface area contributed by atoms with Crippen LogP contribution in [0.3, 0.4) is 0 Å². The number of piperidine rings is 1. The zero-order chi connectivity index (χ0) is 20.4. The molecule has 6 heteroatoms. The highest BCUT2D eigenvalue weighted by atomic mass is 16.5. The second kappa shape index (κ2) is 8.25. The number of anilines is 1. The summed E-state index contributed by atoms with van der Waals surface area (Å²) in [5.74, 6) is 1.04. The van der Waals surface area contributed by atoms with Crippen LogP contribution in [-0.2, 0) is 4.74 Å². The van der Waals surface area contributed by atoms with Crippen molar-refractivity contribution in [3.8, 4) is 0 Å². The molecule has 29 heavy (non-hydrogen) atoms. The molecule has 0 saturated carbocycles. The van der Waals surface area contributed by atoms with Crippen molar-refractivity contribution >= 4 is 22.8 Å². The van der Waals surface area contributed by atoms with Gasteiger partial charge in [0, 0.05) is 31.9 Å². The van der Waals surface area contributed by atoms with Crippen LogP contribution in [0.4, 0.5) is 10.5 Å². The Morgan fingerprint density at radius 2 is 1.93 bits per heavy atom. The van der Waals surface area contributed by atoms with Crippen molar-refractivity contribution in [3.63, 3.8) is 0 Å². The first-order chi connectivity index (χ1) is 14.1. The monoisotopic (exact) mass is 392 g/mol. The standard InChI is InChI=1S/C23H28N4O2/c1-16(29-3)18-7-6-8-19(15-18)25-23(28)26-13-11-20(12-14-26)27-17(2)24-21-9-4-5-10-22(21)27/h4-10,15-16,20H,11-14H2,1-3H3,(H,25,28). The number of amides is 2. The Kier molecular flexibility index (Phi) is 5.53. The number of carbonyl (C=O) groups excluding carboxylic acids is 1. The summed E-state index contributed by atoms with van der Waals surface area (Å²) in [5, 5.41) is 3.03. The predicted molar refractivity (Wildman–Crippen MR) is 115 cm³/mol. The fraction of sp³-hybridized carbons (Fsp3) is 0.391. The number of para-hydroxylation sites is 2. The Morgan fingerprint density at radius 3 is 2.69 bits per heavy atom. The van der Waals surface area contributed by atoms with Gasteiger partial charge < -0.3 is 19.5 Å². The van der Waals surface area contributed by atoms with E-state index in [1.54, 1.807) is 7.11 Å². The molecule has 1 atom stereocenters. The molecular formula is C23H28N4O2. The molecule has 1 aliphatic rings. The number of nitrogens with zero attached hydrogens (tertiary/aromatic N) is 3. The smallest absolute Gasteiger partial charge is 0.321 e. The Hall–Kier alpha value is -2.86. The van der Waals surface area contributed by atoms with E-state index in [4.69, 9.17) is 4.74 Å². The summed E-state index contributed by atoms with van der Waals surface area (Å²) in [6.45, 7) is 5.52. The summed E-state index contributed by atoms with van der Waals surface area (Å²) in [5.41, 5.74) is 4.06. The number of benzene rings is 2. The van der Waals surface area contributed by atoms with E-state index in [0.29, 0.717) is 6.04 Å². The molecule has 3 aromatic rings. The largest absolute Gasteiger partial charge is 0.377 e. The molecule has 1 fully saturated rings. The van der Waals surface area contributed by atoms with Crippen molar-refractivity contribution in [2.75, 3.05) is 25.5 Å². The summed E-state index contributed by atoms with van der Waals surface area (Å²) in [6, 6.07) is 16.4. The van der Waals surface area contributed by atoms with Crippen molar-refractivity contribution in [1.82, 2.24) is 14.5 Å². The van der Waals surface area contributed by atoms with Crippen molar-refractivity contribution in [2.24, 2.45) is 0 Å². The van der Waals surface area contributed by atoms with Crippen LogP contribution in [0.15, 0.2) is 48.5 Å². The van der Waals surface area contributed by atoms with Crippen molar-refractivity contribution < 1.29 is 9.53 Å². The van der Waals surface area contributed by atoms with E-state index in [2.05, 4.69) is 40.0 Å². The summed E-state index contributed by atoms with van der Waals surface area (Å²) in [7, 11) is 1.69. The maximum atomic E-state index is 12.8. The second-order valence-corrected chi connectivity index (χ2v) is 7.67. The number of carbonyl (C=O) groups is 1. The molecule has 2 aromatic carbocycles. The lowest BCUT2D eigenvalue weighted by atomic mass is 10.0. The van der Waals surface area contributed by atoms with E-state index < -0.39 is 0 Å². The van der Waals surface area contributed by atoms with Crippen LogP contribution >= 0.6 is 0 Å². The summed E-state index contributed by atoms with van der Waals surface area (Å²) >= 11 is 0. The first-order valence-electron chi connectivity index (χ1n) is 10.2. The molecule has 0 aliphatic carbocycles. The molecular weight excluding hydrogens is 364 g/mol. The fourth-order valence-electron chi connectivity index (χ4n) is 4.16. The molecule has 4 rings (SSSR count). The van der Waals surface area contributed by atoms with Crippen LogP contribution in [0.2, 0.25) is 0 Å². The minimum atomic E-state index is -0.0436. The molecule has 0 bridgehead atoms. The number of urea groups is 1. The molecule has 1 saturated heterocycles. The minimum Gasteiger partial charge on any atom is -0.377 e. The number of ether oxygens (including phenoxy) is 1. The lowest BCUT2D eigenvalue weighted by molar-refractivity contribution is 0.119. The SMILES string of the molecule is COC(C)c1cccc(NC(=O)N2CCC(n3c(C)nc4ccccc43)CC2)c1. The average molecular weight is 393 g/mol. The van der Waals surface area contributed by atoms with Gasteiger partial charge in [0.25, 0.3) is 0 Å². The lowest BCUT2D eigenvalue weighted by Crippen LogP contribution is -2.41. The van der Waals surface area contributed by atoms with E-state index in [1.807, 2.05) is 42.2 Å². The number of aryl methyl sites for hydroxylation is 1. The highest BCUT2D eigenvalue weighted by Crippen LogP contribution is 2.29. The number of hydrogen-bond donors (Lipinski definition) is 1. The van der Waals surface area contributed by atoms with Gasteiger partial charge in [-0.25, -0.2) is 9.78 Å². The zero-order valence-electron chi connectivity index (χ0n) is 17.3. The molecule has 6 nitrogen and oxygen atoms in total. The molecule has 1 aliphatic heterocycles. The van der Waals surface area contributed by atoms with Gasteiger partial charge in [-0.2, -0.15) is 0 Å². The van der Waals surface area contributed by atoms with Crippen LogP contribution in [-0.4, -0.2) is 40.7 Å². The van der Waals surface area contributed by atoms with Crippen molar-refractivity contribution in [1.29, 1.82) is 0 Å². The number of imidazole rings is 1. The van der Waals surface area contributed by atoms with Crippen LogP contribution in [0.1, 0.15) is 43.3 Å². The van der Waals surface area contributed by atoms with Crippen molar-refractivity contribution in [3.05, 3.63) is 59.9 Å². The van der Waals surface area contributed by atoms with Gasteiger partial charge in [0.05, 0.1) is 17.1 Å². The summed E-state index contributed by atoms with van der Waals surface area (Å²) in [6.07, 6.45) is 1.85. The van der Waals surface area contributed by atoms with E-state index in [-0.39, 0.29) is 12.1 Å². The Balaban J connectivity index is 1.41. The van der Waals surface area contributed by atoms with Gasteiger partial charge in [0.2, 0.25) is 0 Å². The first-order valence-corrected chi connectivity index (χ1v) is 10.2. The number of hydrogen-bond acceptors (Lipinski definition) is 3. The van der Waals surface area contributed by atoms with Gasteiger partial charge in [-0.05, 0) is 56.5 Å². The molecule has 0 radical (unpaired) electrons. The highest BCUT2D eigenvalue weighted by Gasteiger charge is 2.26.